The molecule has 0 spiro atoms. The Balaban J connectivity index is 0.00000111. The summed E-state index contributed by atoms with van der Waals surface area (Å²) >= 11 is 0. The molecule has 4 aromatic rings. The van der Waals surface area contributed by atoms with Crippen LogP contribution in [0.15, 0.2) is 43.2 Å². The Labute approximate surface area is 234 Å². The Kier molecular flexibility index (Phi) is 10.1. The lowest BCUT2D eigenvalue weighted by molar-refractivity contribution is -0.125. The number of benzene rings is 2. The van der Waals surface area contributed by atoms with Crippen molar-refractivity contribution in [1.82, 2.24) is 24.6 Å². The van der Waals surface area contributed by atoms with E-state index in [-0.39, 0.29) is 29.3 Å². The molecule has 1 aliphatic rings. The van der Waals surface area contributed by atoms with Gasteiger partial charge in [0.1, 0.15) is 23.6 Å². The van der Waals surface area contributed by atoms with Crippen molar-refractivity contribution in [1.29, 1.82) is 0 Å². The molecule has 0 radical (unpaired) electrons. The zero-order valence-electron chi connectivity index (χ0n) is 23.3. The second-order valence-electron chi connectivity index (χ2n) is 8.42. The van der Waals surface area contributed by atoms with Crippen LogP contribution in [-0.4, -0.2) is 43.6 Å². The summed E-state index contributed by atoms with van der Waals surface area (Å²) in [4.78, 5) is 22.2. The zero-order chi connectivity index (χ0) is 30.4. The number of aryl methyl sites for hydroxylation is 1. The molecule has 12 heteroatoms. The maximum absolute atomic E-state index is 15.3. The van der Waals surface area contributed by atoms with Gasteiger partial charge in [0.05, 0.1) is 17.1 Å². The summed E-state index contributed by atoms with van der Waals surface area (Å²) in [6, 6.07) is 3.08. The molecule has 1 fully saturated rings. The van der Waals surface area contributed by atoms with Gasteiger partial charge in [-0.05, 0) is 31.6 Å². The van der Waals surface area contributed by atoms with Crippen molar-refractivity contribution in [3.05, 3.63) is 78.0 Å². The summed E-state index contributed by atoms with van der Waals surface area (Å²) in [5.74, 6) is -9.61. The fraction of sp³-hybridized carbons (Fsp3) is 0.310. The van der Waals surface area contributed by atoms with Gasteiger partial charge in [0.25, 0.3) is 0 Å². The average molecular weight is 576 g/mol. The molecule has 3 heterocycles. The maximum atomic E-state index is 15.3. The molecule has 0 N–H and O–H groups in total. The second kappa shape index (κ2) is 13.3. The van der Waals surface area contributed by atoms with Crippen LogP contribution in [0.2, 0.25) is 0 Å². The minimum absolute atomic E-state index is 0.0115. The number of ether oxygens (including phenoxy) is 1. The van der Waals surface area contributed by atoms with Crippen LogP contribution in [0.1, 0.15) is 45.9 Å². The first-order chi connectivity index (χ1) is 19.7. The summed E-state index contributed by atoms with van der Waals surface area (Å²) < 4.78 is 76.9. The van der Waals surface area contributed by atoms with Gasteiger partial charge in [-0.2, -0.15) is 13.9 Å². The fourth-order valence-electron chi connectivity index (χ4n) is 4.34. The number of hydrogen-bond acceptors (Lipinski definition) is 5. The number of carbonyl (C=O) groups excluding carboxylic acids is 1. The van der Waals surface area contributed by atoms with Crippen LogP contribution in [0.3, 0.4) is 0 Å². The molecule has 41 heavy (non-hydrogen) atoms. The van der Waals surface area contributed by atoms with Crippen LogP contribution in [0.4, 0.5) is 22.0 Å². The molecule has 5 rings (SSSR count). The molecule has 1 saturated heterocycles. The Morgan fingerprint density at radius 2 is 1.66 bits per heavy atom. The molecule has 2 aromatic heterocycles. The smallest absolute Gasteiger partial charge is 0.246 e. The minimum atomic E-state index is -1.75. The predicted molar refractivity (Wildman–Crippen MR) is 145 cm³/mol. The number of amides is 1. The Hall–Kier alpha value is -4.35. The number of aromatic nitrogens is 4. The number of halogens is 5. The third-order valence-corrected chi connectivity index (χ3v) is 6.16. The SMILES string of the molecule is C=CC(=O)N1CCC(n2nc(-c3ccc(Oc4c(F)c(F)cc(F)c4F)cc3F)c3c(C)ncnc32)C1.CC.CC. The van der Waals surface area contributed by atoms with E-state index in [1.165, 1.54) is 24.5 Å². The highest BCUT2D eigenvalue weighted by Gasteiger charge is 2.30. The van der Waals surface area contributed by atoms with Crippen LogP contribution >= 0.6 is 0 Å². The molecule has 0 aliphatic carbocycles. The number of hydrogen-bond donors (Lipinski definition) is 0. The second-order valence-corrected chi connectivity index (χ2v) is 8.42. The standard InChI is InChI=1S/C25H18F5N5O2.2C2H6/c1-3-19(36)34-7-6-13(10-34)35-25-20(12(2)31-11-32-25)23(33-35)15-5-4-14(8-16(15)26)37-24-21(29)17(27)9-18(28)22(24)30;2*1-2/h3-5,8-9,11,13H,1,6-7,10H2,2H3;2*1-2H3. The summed E-state index contributed by atoms with van der Waals surface area (Å²) in [6.45, 7) is 14.1. The van der Waals surface area contributed by atoms with Gasteiger partial charge in [-0.3, -0.25) is 4.79 Å². The molecule has 1 amide bonds. The molecule has 1 unspecified atom stereocenters. The zero-order valence-corrected chi connectivity index (χ0v) is 23.3. The van der Waals surface area contributed by atoms with Gasteiger partial charge < -0.3 is 9.64 Å². The van der Waals surface area contributed by atoms with Gasteiger partial charge in [0.2, 0.25) is 23.3 Å². The summed E-state index contributed by atoms with van der Waals surface area (Å²) in [5.41, 5.74) is 1.19. The van der Waals surface area contributed by atoms with Gasteiger partial charge in [0, 0.05) is 30.8 Å². The Bertz CT molecular complexity index is 1550. The van der Waals surface area contributed by atoms with E-state index in [0.29, 0.717) is 36.2 Å². The molecular weight excluding hydrogens is 545 g/mol. The Morgan fingerprint density at radius 1 is 1.00 bits per heavy atom. The van der Waals surface area contributed by atoms with Crippen molar-refractivity contribution in [2.45, 2.75) is 47.1 Å². The number of nitrogens with zero attached hydrogens (tertiary/aromatic N) is 5. The van der Waals surface area contributed by atoms with Crippen molar-refractivity contribution in [3.63, 3.8) is 0 Å². The first kappa shape index (κ1) is 31.2. The quantitative estimate of drug-likeness (QED) is 0.142. The molecule has 2 aromatic carbocycles. The first-order valence-electron chi connectivity index (χ1n) is 13.1. The molecule has 1 atom stereocenters. The van der Waals surface area contributed by atoms with Gasteiger partial charge in [-0.25, -0.2) is 27.8 Å². The molecular formula is C29H30F5N5O2. The van der Waals surface area contributed by atoms with Gasteiger partial charge in [0.15, 0.2) is 17.3 Å². The summed E-state index contributed by atoms with van der Waals surface area (Å²) in [6.07, 6.45) is 3.18. The van der Waals surface area contributed by atoms with Gasteiger partial charge in [-0.15, -0.1) is 0 Å². The highest BCUT2D eigenvalue weighted by molar-refractivity contribution is 5.93. The van der Waals surface area contributed by atoms with Gasteiger partial charge in [-0.1, -0.05) is 34.3 Å². The first-order valence-corrected chi connectivity index (χ1v) is 13.1. The number of likely N-dealkylation sites (tertiary alicyclic amines) is 1. The molecule has 7 nitrogen and oxygen atoms in total. The van der Waals surface area contributed by atoms with Crippen LogP contribution in [0, 0.1) is 36.0 Å². The van der Waals surface area contributed by atoms with E-state index >= 15 is 4.39 Å². The van der Waals surface area contributed by atoms with E-state index in [0.717, 1.165) is 6.07 Å². The molecule has 218 valence electrons. The third kappa shape index (κ3) is 6.06. The van der Waals surface area contributed by atoms with Gasteiger partial charge >= 0.3 is 0 Å². The lowest BCUT2D eigenvalue weighted by atomic mass is 10.1. The monoisotopic (exact) mass is 575 g/mol. The molecule has 0 saturated carbocycles. The summed E-state index contributed by atoms with van der Waals surface area (Å²) in [7, 11) is 0. The number of rotatable bonds is 5. The van der Waals surface area contributed by atoms with E-state index in [4.69, 9.17) is 4.74 Å². The van der Waals surface area contributed by atoms with Crippen LogP contribution < -0.4 is 4.74 Å². The highest BCUT2D eigenvalue weighted by atomic mass is 19.2. The molecule has 0 bridgehead atoms. The fourth-order valence-corrected chi connectivity index (χ4v) is 4.34. The Morgan fingerprint density at radius 3 is 2.27 bits per heavy atom. The topological polar surface area (TPSA) is 73.1 Å². The summed E-state index contributed by atoms with van der Waals surface area (Å²) in [5, 5.41) is 5.08. The van der Waals surface area contributed by atoms with Crippen LogP contribution in [-0.2, 0) is 4.79 Å². The van der Waals surface area contributed by atoms with E-state index in [1.807, 2.05) is 27.7 Å². The van der Waals surface area contributed by atoms with Crippen molar-refractivity contribution in [3.8, 4) is 22.8 Å². The van der Waals surface area contributed by atoms with E-state index in [9.17, 15) is 22.4 Å². The van der Waals surface area contributed by atoms with E-state index in [2.05, 4.69) is 21.6 Å². The normalized spacial score (nSPS) is 14.2. The van der Waals surface area contributed by atoms with Crippen molar-refractivity contribution >= 4 is 16.9 Å². The van der Waals surface area contributed by atoms with Crippen molar-refractivity contribution in [2.24, 2.45) is 0 Å². The predicted octanol–water partition coefficient (Wildman–Crippen LogP) is 7.30. The van der Waals surface area contributed by atoms with Crippen LogP contribution in [0.25, 0.3) is 22.3 Å². The van der Waals surface area contributed by atoms with Crippen LogP contribution in [0.5, 0.6) is 11.5 Å². The largest absolute Gasteiger partial charge is 0.451 e. The van der Waals surface area contributed by atoms with E-state index < -0.39 is 40.6 Å². The average Bonchev–Trinajstić information content (AvgIpc) is 3.62. The lowest BCUT2D eigenvalue weighted by Gasteiger charge is -2.14. The number of fused-ring (bicyclic) bond motifs is 1. The minimum Gasteiger partial charge on any atom is -0.451 e. The number of carbonyl (C=O) groups is 1. The highest BCUT2D eigenvalue weighted by Crippen LogP contribution is 2.37. The maximum Gasteiger partial charge on any atom is 0.246 e. The molecule has 1 aliphatic heterocycles. The van der Waals surface area contributed by atoms with Crippen molar-refractivity contribution in [2.75, 3.05) is 13.1 Å². The van der Waals surface area contributed by atoms with E-state index in [1.54, 1.807) is 16.5 Å². The lowest BCUT2D eigenvalue weighted by Crippen LogP contribution is -2.27. The third-order valence-electron chi connectivity index (χ3n) is 6.16. The van der Waals surface area contributed by atoms with Crippen molar-refractivity contribution < 1.29 is 31.5 Å².